The van der Waals surface area contributed by atoms with E-state index >= 15 is 0 Å². The van der Waals surface area contributed by atoms with Gasteiger partial charge in [0, 0.05) is 47.5 Å². The van der Waals surface area contributed by atoms with Crippen molar-refractivity contribution in [2.24, 2.45) is 0 Å². The van der Waals surface area contributed by atoms with Crippen LogP contribution in [-0.2, 0) is 4.79 Å². The van der Waals surface area contributed by atoms with Gasteiger partial charge in [-0.3, -0.25) is 4.79 Å². The number of halogens is 3. The molecule has 0 saturated carbocycles. The molecule has 1 spiro atoms. The number of carbonyl (C=O) groups is 2. The molecule has 2 fully saturated rings. The number of piperidine rings is 1. The molecular weight excluding hydrogens is 312 g/mol. The Bertz CT molecular complexity index is 434. The van der Waals surface area contributed by atoms with E-state index in [9.17, 15) is 9.59 Å². The minimum absolute atomic E-state index is 0.324. The Labute approximate surface area is 127 Å². The summed E-state index contributed by atoms with van der Waals surface area (Å²) in [6.45, 7) is 7.62. The molecule has 3 amide bonds. The number of rotatable bonds is 0. The molecule has 0 aromatic rings. The van der Waals surface area contributed by atoms with Crippen LogP contribution in [0.3, 0.4) is 0 Å². The van der Waals surface area contributed by atoms with E-state index in [1.807, 2.05) is 27.7 Å². The van der Waals surface area contributed by atoms with Crippen LogP contribution < -0.4 is 0 Å². The largest absolute Gasteiger partial charge is 0.357 e. The fourth-order valence-corrected chi connectivity index (χ4v) is 4.01. The molecule has 0 aromatic heterocycles. The highest BCUT2D eigenvalue weighted by molar-refractivity contribution is 6.39. The molecule has 0 aromatic carbocycles. The zero-order valence-corrected chi connectivity index (χ0v) is 13.5. The predicted octanol–water partition coefficient (Wildman–Crippen LogP) is 3.10. The topological polar surface area (TPSA) is 43.9 Å². The molecule has 108 valence electrons. The number of amides is 3. The molecular formula is C11H16Cl3N3O2. The molecule has 2 heterocycles. The van der Waals surface area contributed by atoms with E-state index in [1.165, 1.54) is 0 Å². The number of hydrogen-bond donors (Lipinski definition) is 0. The van der Waals surface area contributed by atoms with Gasteiger partial charge in [0.05, 0.1) is 0 Å². The maximum atomic E-state index is 12.4. The van der Waals surface area contributed by atoms with Crippen molar-refractivity contribution in [3.63, 3.8) is 0 Å². The molecule has 0 N–H and O–H groups in total. The quantitative estimate of drug-likeness (QED) is 0.507. The highest BCUT2D eigenvalue weighted by Crippen LogP contribution is 2.51. The summed E-state index contributed by atoms with van der Waals surface area (Å²) in [6, 6.07) is -0.706. The van der Waals surface area contributed by atoms with Gasteiger partial charge < -0.3 is 0 Å². The molecule has 8 heteroatoms. The third kappa shape index (κ3) is 1.94. The normalized spacial score (nSPS) is 29.4. The van der Waals surface area contributed by atoms with Gasteiger partial charge in [0.1, 0.15) is 5.54 Å². The number of nitrogens with zero attached hydrogens (tertiary/aromatic N) is 3. The Balaban J connectivity index is 2.51. The lowest BCUT2D eigenvalue weighted by Crippen LogP contribution is -2.66. The van der Waals surface area contributed by atoms with Crippen LogP contribution in [0, 0.1) is 0 Å². The van der Waals surface area contributed by atoms with Crippen molar-refractivity contribution >= 4 is 47.3 Å². The number of urea groups is 1. The molecule has 19 heavy (non-hydrogen) atoms. The first kappa shape index (κ1) is 15.2. The lowest BCUT2D eigenvalue weighted by Gasteiger charge is -2.54. The molecule has 2 aliphatic heterocycles. The minimum atomic E-state index is -1.14. The Kier molecular flexibility index (Phi) is 3.30. The second kappa shape index (κ2) is 4.13. The molecule has 5 nitrogen and oxygen atoms in total. The lowest BCUT2D eigenvalue weighted by molar-refractivity contribution is -0.136. The number of hydrogen-bond acceptors (Lipinski definition) is 3. The van der Waals surface area contributed by atoms with Gasteiger partial charge >= 0.3 is 6.03 Å². The van der Waals surface area contributed by atoms with Crippen molar-refractivity contribution in [1.29, 1.82) is 0 Å². The summed E-state index contributed by atoms with van der Waals surface area (Å²) in [5, 5.41) is 0. The molecule has 2 saturated heterocycles. The van der Waals surface area contributed by atoms with E-state index in [1.54, 1.807) is 4.42 Å². The Morgan fingerprint density at radius 2 is 1.37 bits per heavy atom. The van der Waals surface area contributed by atoms with Gasteiger partial charge in [-0.1, -0.05) is 0 Å². The lowest BCUT2D eigenvalue weighted by atomic mass is 9.71. The van der Waals surface area contributed by atoms with Crippen molar-refractivity contribution < 1.29 is 9.59 Å². The van der Waals surface area contributed by atoms with Crippen molar-refractivity contribution in [3.05, 3.63) is 0 Å². The van der Waals surface area contributed by atoms with Gasteiger partial charge in [0.25, 0.3) is 5.91 Å². The summed E-state index contributed by atoms with van der Waals surface area (Å²) in [7, 11) is 0. The van der Waals surface area contributed by atoms with E-state index in [-0.39, 0.29) is 0 Å². The van der Waals surface area contributed by atoms with E-state index in [4.69, 9.17) is 35.3 Å². The predicted molar refractivity (Wildman–Crippen MR) is 73.6 cm³/mol. The van der Waals surface area contributed by atoms with Gasteiger partial charge in [-0.15, -0.1) is 0 Å². The van der Waals surface area contributed by atoms with Crippen molar-refractivity contribution in [2.45, 2.75) is 57.2 Å². The van der Waals surface area contributed by atoms with E-state index < -0.39 is 28.6 Å². The van der Waals surface area contributed by atoms with Gasteiger partial charge in [-0.2, -0.15) is 4.42 Å². The minimum Gasteiger partial charge on any atom is -0.270 e. The number of imide groups is 1. The zero-order chi connectivity index (χ0) is 14.8. The summed E-state index contributed by atoms with van der Waals surface area (Å²) >= 11 is 18.1. The van der Waals surface area contributed by atoms with Crippen molar-refractivity contribution in [1.82, 2.24) is 13.3 Å². The fraction of sp³-hybridized carbons (Fsp3) is 0.818. The van der Waals surface area contributed by atoms with Gasteiger partial charge in [0.2, 0.25) is 0 Å². The van der Waals surface area contributed by atoms with Crippen LogP contribution in [0.25, 0.3) is 0 Å². The smallest absolute Gasteiger partial charge is 0.270 e. The zero-order valence-electron chi connectivity index (χ0n) is 11.2. The molecule has 2 rings (SSSR count). The van der Waals surface area contributed by atoms with Crippen LogP contribution in [0.2, 0.25) is 0 Å². The van der Waals surface area contributed by atoms with Crippen molar-refractivity contribution in [3.8, 4) is 0 Å². The van der Waals surface area contributed by atoms with Gasteiger partial charge in [-0.25, -0.2) is 13.6 Å². The number of carbonyl (C=O) groups excluding carboxylic acids is 2. The second-order valence-electron chi connectivity index (χ2n) is 6.44. The van der Waals surface area contributed by atoms with Crippen LogP contribution >= 0.6 is 35.3 Å². The summed E-state index contributed by atoms with van der Waals surface area (Å²) in [6.07, 6.45) is 0.647. The Morgan fingerprint density at radius 1 is 0.947 bits per heavy atom. The van der Waals surface area contributed by atoms with E-state index in [0.29, 0.717) is 17.3 Å². The highest BCUT2D eigenvalue weighted by atomic mass is 35.5. The van der Waals surface area contributed by atoms with Gasteiger partial charge in [0.15, 0.2) is 0 Å². The van der Waals surface area contributed by atoms with Crippen LogP contribution in [0.5, 0.6) is 0 Å². The highest BCUT2D eigenvalue weighted by Gasteiger charge is 2.65. The summed E-state index contributed by atoms with van der Waals surface area (Å²) in [4.78, 5) is 24.2. The summed E-state index contributed by atoms with van der Waals surface area (Å²) in [5.41, 5.74) is -2.15. The van der Waals surface area contributed by atoms with Gasteiger partial charge in [-0.05, 0) is 39.5 Å². The molecule has 0 unspecified atom stereocenters. The first-order valence-electron chi connectivity index (χ1n) is 5.92. The molecule has 2 aliphatic rings. The fourth-order valence-electron chi connectivity index (χ4n) is 3.36. The SMILES string of the molecule is CC1(C)CC2(CC(C)(C)N1Cl)C(=O)N(Cl)C(=O)N2Cl. The molecule has 0 atom stereocenters. The molecule has 0 radical (unpaired) electrons. The molecule has 0 aliphatic carbocycles. The third-order valence-electron chi connectivity index (χ3n) is 3.80. The molecule has 0 bridgehead atoms. The van der Waals surface area contributed by atoms with Crippen LogP contribution in [-0.4, -0.2) is 41.8 Å². The average Bonchev–Trinajstić information content (AvgIpc) is 2.42. The monoisotopic (exact) mass is 327 g/mol. The summed E-state index contributed by atoms with van der Waals surface area (Å²) < 4.78 is 3.17. The summed E-state index contributed by atoms with van der Waals surface area (Å²) in [5.74, 6) is -0.486. The first-order chi connectivity index (χ1) is 8.46. The van der Waals surface area contributed by atoms with Crippen LogP contribution in [0.1, 0.15) is 40.5 Å². The van der Waals surface area contributed by atoms with E-state index in [0.717, 1.165) is 4.42 Å². The average molecular weight is 329 g/mol. The standard InChI is InChI=1S/C11H16Cl3N3O2/c1-9(2)5-11(6-10(3,4)17(9)14)7(18)15(12)8(19)16(11)13/h5-6H2,1-4H3. The van der Waals surface area contributed by atoms with E-state index in [2.05, 4.69) is 0 Å². The second-order valence-corrected chi connectivity index (χ2v) is 7.45. The maximum absolute atomic E-state index is 12.4. The van der Waals surface area contributed by atoms with Crippen LogP contribution in [0.15, 0.2) is 0 Å². The third-order valence-corrected chi connectivity index (χ3v) is 5.48. The van der Waals surface area contributed by atoms with Crippen molar-refractivity contribution in [2.75, 3.05) is 0 Å². The Morgan fingerprint density at radius 3 is 1.68 bits per heavy atom. The van der Waals surface area contributed by atoms with Crippen LogP contribution in [0.4, 0.5) is 4.79 Å². The maximum Gasteiger partial charge on any atom is 0.357 e. The first-order valence-corrected chi connectivity index (χ1v) is 6.94. The Hall–Kier alpha value is -0.230.